The summed E-state index contributed by atoms with van der Waals surface area (Å²) in [6, 6.07) is 0. The molecule has 0 radical (unpaired) electrons. The van der Waals surface area contributed by atoms with Crippen LogP contribution in [0.5, 0.6) is 0 Å². The van der Waals surface area contributed by atoms with Crippen molar-refractivity contribution < 1.29 is 4.74 Å². The van der Waals surface area contributed by atoms with Crippen LogP contribution < -0.4 is 0 Å². The molecule has 0 aliphatic heterocycles. The first-order chi connectivity index (χ1) is 7.69. The summed E-state index contributed by atoms with van der Waals surface area (Å²) in [5, 5.41) is 0. The van der Waals surface area contributed by atoms with E-state index in [4.69, 9.17) is 4.74 Å². The first kappa shape index (κ1) is 17.0. The molecule has 0 aromatic carbocycles. The van der Waals surface area contributed by atoms with Crippen molar-refractivity contribution in [2.75, 3.05) is 6.61 Å². The van der Waals surface area contributed by atoms with Gasteiger partial charge in [-0.1, -0.05) is 55.4 Å². The molecule has 1 nitrogen and oxygen atoms in total. The molecule has 104 valence electrons. The lowest BCUT2D eigenvalue weighted by molar-refractivity contribution is -0.112. The molecule has 0 spiro atoms. The molecule has 0 aliphatic rings. The number of rotatable bonds is 8. The zero-order valence-electron chi connectivity index (χ0n) is 13.4. The maximum absolute atomic E-state index is 6.36. The van der Waals surface area contributed by atoms with Gasteiger partial charge in [0.1, 0.15) is 0 Å². The largest absolute Gasteiger partial charge is 0.374 e. The topological polar surface area (TPSA) is 9.23 Å². The third kappa shape index (κ3) is 5.42. The van der Waals surface area contributed by atoms with Crippen LogP contribution >= 0.6 is 0 Å². The van der Waals surface area contributed by atoms with Crippen LogP contribution in [0.4, 0.5) is 0 Å². The quantitative estimate of drug-likeness (QED) is 0.562. The van der Waals surface area contributed by atoms with Crippen molar-refractivity contribution >= 4 is 0 Å². The van der Waals surface area contributed by atoms with E-state index in [0.717, 1.165) is 25.4 Å². The van der Waals surface area contributed by atoms with Crippen molar-refractivity contribution in [3.8, 4) is 0 Å². The average molecular weight is 242 g/mol. The molecule has 0 rings (SSSR count). The number of ether oxygens (including phenoxy) is 1. The zero-order chi connectivity index (χ0) is 13.7. The summed E-state index contributed by atoms with van der Waals surface area (Å²) in [5.74, 6) is 1.33. The minimum Gasteiger partial charge on any atom is -0.374 e. The third-order valence-corrected chi connectivity index (χ3v) is 3.96. The fraction of sp³-hybridized carbons (Fsp3) is 1.00. The fourth-order valence-corrected chi connectivity index (χ4v) is 2.94. The molecule has 0 bridgehead atoms. The van der Waals surface area contributed by atoms with Crippen LogP contribution in [-0.4, -0.2) is 12.2 Å². The predicted octanol–water partition coefficient (Wildman–Crippen LogP) is 5.29. The van der Waals surface area contributed by atoms with Gasteiger partial charge in [0, 0.05) is 0 Å². The molecule has 1 heteroatoms. The van der Waals surface area contributed by atoms with Gasteiger partial charge >= 0.3 is 0 Å². The number of hydrogen-bond acceptors (Lipinski definition) is 1. The zero-order valence-corrected chi connectivity index (χ0v) is 13.4. The van der Waals surface area contributed by atoms with Gasteiger partial charge in [-0.15, -0.1) is 0 Å². The Morgan fingerprint density at radius 2 is 1.41 bits per heavy atom. The Morgan fingerprint density at radius 1 is 0.941 bits per heavy atom. The van der Waals surface area contributed by atoms with Gasteiger partial charge in [-0.05, 0) is 36.5 Å². The molecule has 17 heavy (non-hydrogen) atoms. The van der Waals surface area contributed by atoms with E-state index in [9.17, 15) is 0 Å². The summed E-state index contributed by atoms with van der Waals surface area (Å²) in [5.41, 5.74) is 0.368. The highest BCUT2D eigenvalue weighted by Crippen LogP contribution is 2.33. The van der Waals surface area contributed by atoms with E-state index in [-0.39, 0.29) is 5.60 Å². The molecule has 0 fully saturated rings. The van der Waals surface area contributed by atoms with E-state index in [1.165, 1.54) is 6.42 Å². The molecule has 0 heterocycles. The highest BCUT2D eigenvalue weighted by atomic mass is 16.5. The summed E-state index contributed by atoms with van der Waals surface area (Å²) in [7, 11) is 0. The maximum atomic E-state index is 6.36. The van der Waals surface area contributed by atoms with E-state index in [2.05, 4.69) is 55.4 Å². The van der Waals surface area contributed by atoms with Crippen molar-refractivity contribution in [2.45, 2.75) is 80.3 Å². The summed E-state index contributed by atoms with van der Waals surface area (Å²) in [4.78, 5) is 0. The van der Waals surface area contributed by atoms with Gasteiger partial charge in [0.25, 0.3) is 0 Å². The minimum atomic E-state index is 0.0776. The van der Waals surface area contributed by atoms with Crippen molar-refractivity contribution in [2.24, 2.45) is 17.3 Å². The maximum Gasteiger partial charge on any atom is 0.0700 e. The second-order valence-electron chi connectivity index (χ2n) is 6.98. The van der Waals surface area contributed by atoms with Crippen molar-refractivity contribution in [3.63, 3.8) is 0 Å². The Balaban J connectivity index is 4.50. The van der Waals surface area contributed by atoms with Gasteiger partial charge < -0.3 is 4.74 Å². The summed E-state index contributed by atoms with van der Waals surface area (Å²) < 4.78 is 6.36. The molecule has 0 N–H and O–H groups in total. The summed E-state index contributed by atoms with van der Waals surface area (Å²) >= 11 is 0. The van der Waals surface area contributed by atoms with Crippen LogP contribution in [-0.2, 0) is 4.74 Å². The monoisotopic (exact) mass is 242 g/mol. The SMILES string of the molecule is CCC(CC)(OCC(C)(C)CC(C)C)C(C)C. The van der Waals surface area contributed by atoms with E-state index < -0.39 is 0 Å². The molecule has 0 atom stereocenters. The molecule has 0 saturated carbocycles. The minimum absolute atomic E-state index is 0.0776. The van der Waals surface area contributed by atoms with Gasteiger partial charge in [-0.25, -0.2) is 0 Å². The van der Waals surface area contributed by atoms with Gasteiger partial charge in [0.15, 0.2) is 0 Å². The van der Waals surface area contributed by atoms with Crippen molar-refractivity contribution in [1.82, 2.24) is 0 Å². The van der Waals surface area contributed by atoms with E-state index in [0.29, 0.717) is 11.3 Å². The van der Waals surface area contributed by atoms with Crippen LogP contribution in [0, 0.1) is 17.3 Å². The molecular weight excluding hydrogens is 208 g/mol. The highest BCUT2D eigenvalue weighted by Gasteiger charge is 2.33. The number of hydrogen-bond donors (Lipinski definition) is 0. The molecule has 0 aromatic heterocycles. The van der Waals surface area contributed by atoms with E-state index in [1.54, 1.807) is 0 Å². The lowest BCUT2D eigenvalue weighted by Gasteiger charge is -2.39. The molecule has 0 amide bonds. The van der Waals surface area contributed by atoms with Gasteiger partial charge in [0.2, 0.25) is 0 Å². The van der Waals surface area contributed by atoms with Crippen LogP contribution in [0.3, 0.4) is 0 Å². The van der Waals surface area contributed by atoms with Crippen molar-refractivity contribution in [1.29, 1.82) is 0 Å². The highest BCUT2D eigenvalue weighted by molar-refractivity contribution is 4.83. The Bertz CT molecular complexity index is 200. The smallest absolute Gasteiger partial charge is 0.0700 e. The lowest BCUT2D eigenvalue weighted by atomic mass is 9.82. The summed E-state index contributed by atoms with van der Waals surface area (Å²) in [6.07, 6.45) is 3.45. The van der Waals surface area contributed by atoms with Crippen LogP contribution in [0.1, 0.15) is 74.7 Å². The molecule has 0 aliphatic carbocycles. The van der Waals surface area contributed by atoms with Gasteiger partial charge in [-0.3, -0.25) is 0 Å². The standard InChI is InChI=1S/C16H34O/c1-9-16(10-2,14(5)6)17-12-15(7,8)11-13(3)4/h13-14H,9-12H2,1-8H3. The van der Waals surface area contributed by atoms with E-state index >= 15 is 0 Å². The Hall–Kier alpha value is -0.0400. The molecule has 0 unspecified atom stereocenters. The lowest BCUT2D eigenvalue weighted by Crippen LogP contribution is -2.40. The first-order valence-electron chi connectivity index (χ1n) is 7.33. The first-order valence-corrected chi connectivity index (χ1v) is 7.33. The Kier molecular flexibility index (Phi) is 6.76. The van der Waals surface area contributed by atoms with Crippen molar-refractivity contribution in [3.05, 3.63) is 0 Å². The average Bonchev–Trinajstić information content (AvgIpc) is 2.17. The van der Waals surface area contributed by atoms with Crippen LogP contribution in [0.25, 0.3) is 0 Å². The third-order valence-electron chi connectivity index (χ3n) is 3.96. The van der Waals surface area contributed by atoms with Gasteiger partial charge in [0.05, 0.1) is 12.2 Å². The van der Waals surface area contributed by atoms with Gasteiger partial charge in [-0.2, -0.15) is 0 Å². The van der Waals surface area contributed by atoms with Crippen LogP contribution in [0.15, 0.2) is 0 Å². The normalized spacial score (nSPS) is 13.8. The molecule has 0 saturated heterocycles. The second kappa shape index (κ2) is 6.78. The Morgan fingerprint density at radius 3 is 1.71 bits per heavy atom. The predicted molar refractivity (Wildman–Crippen MR) is 77.3 cm³/mol. The van der Waals surface area contributed by atoms with Crippen LogP contribution in [0.2, 0.25) is 0 Å². The van der Waals surface area contributed by atoms with E-state index in [1.807, 2.05) is 0 Å². The molecule has 0 aromatic rings. The fourth-order valence-electron chi connectivity index (χ4n) is 2.94. The Labute approximate surface area is 109 Å². The molecular formula is C16H34O. The summed E-state index contributed by atoms with van der Waals surface area (Å²) in [6.45, 7) is 19.2. The second-order valence-corrected chi connectivity index (χ2v) is 6.98.